The van der Waals surface area contributed by atoms with E-state index in [0.717, 1.165) is 11.3 Å². The molecule has 0 aliphatic carbocycles. The van der Waals surface area contributed by atoms with Gasteiger partial charge in [0.1, 0.15) is 5.82 Å². The van der Waals surface area contributed by atoms with Gasteiger partial charge in [0.25, 0.3) is 0 Å². The van der Waals surface area contributed by atoms with E-state index in [1.54, 1.807) is 29.1 Å². The molecule has 0 saturated carbocycles. The molecule has 0 saturated heterocycles. The minimum absolute atomic E-state index is 0.251. The maximum Gasteiger partial charge on any atom is 0.244 e. The Kier molecular flexibility index (Phi) is 5.36. The maximum absolute atomic E-state index is 13.5. The Morgan fingerprint density at radius 1 is 1.12 bits per heavy atom. The molecule has 3 aromatic rings. The molecule has 0 radical (unpaired) electrons. The fourth-order valence-corrected chi connectivity index (χ4v) is 2.38. The summed E-state index contributed by atoms with van der Waals surface area (Å²) in [5.41, 5.74) is 2.41. The Labute approximate surface area is 145 Å². The molecule has 5 heteroatoms. The molecule has 0 aliphatic heterocycles. The number of halogens is 1. The Morgan fingerprint density at radius 2 is 1.88 bits per heavy atom. The molecule has 25 heavy (non-hydrogen) atoms. The van der Waals surface area contributed by atoms with Gasteiger partial charge < -0.3 is 5.32 Å². The number of nitrogens with one attached hydrogen (secondary N) is 1. The second kappa shape index (κ2) is 8.06. The van der Waals surface area contributed by atoms with E-state index in [1.807, 2.05) is 36.5 Å². The molecule has 0 fully saturated rings. The quantitative estimate of drug-likeness (QED) is 0.702. The maximum atomic E-state index is 13.5. The number of para-hydroxylation sites is 1. The number of benzene rings is 2. The van der Waals surface area contributed by atoms with Crippen molar-refractivity contribution in [2.75, 3.05) is 6.54 Å². The second-order valence-electron chi connectivity index (χ2n) is 5.52. The van der Waals surface area contributed by atoms with Gasteiger partial charge in [-0.1, -0.05) is 36.4 Å². The molecule has 1 heterocycles. The molecule has 1 amide bonds. The first-order valence-corrected chi connectivity index (χ1v) is 8.02. The van der Waals surface area contributed by atoms with Crippen LogP contribution in [0.1, 0.15) is 11.1 Å². The van der Waals surface area contributed by atoms with Crippen LogP contribution in [0.2, 0.25) is 0 Å². The summed E-state index contributed by atoms with van der Waals surface area (Å²) in [4.78, 5) is 11.8. The molecule has 0 spiro atoms. The molecule has 0 bridgehead atoms. The number of rotatable bonds is 6. The highest BCUT2D eigenvalue weighted by Gasteiger charge is 2.02. The van der Waals surface area contributed by atoms with Gasteiger partial charge in [-0.3, -0.25) is 4.79 Å². The number of nitrogens with zero attached hydrogens (tertiary/aromatic N) is 2. The third kappa shape index (κ3) is 4.64. The molecule has 0 unspecified atom stereocenters. The van der Waals surface area contributed by atoms with Crippen molar-refractivity contribution >= 4 is 12.0 Å². The summed E-state index contributed by atoms with van der Waals surface area (Å²) in [5, 5.41) is 7.10. The molecular formula is C20H18FN3O. The van der Waals surface area contributed by atoms with Gasteiger partial charge in [0, 0.05) is 24.4 Å². The second-order valence-corrected chi connectivity index (χ2v) is 5.52. The zero-order valence-corrected chi connectivity index (χ0v) is 13.6. The van der Waals surface area contributed by atoms with Gasteiger partial charge >= 0.3 is 0 Å². The van der Waals surface area contributed by atoms with Gasteiger partial charge in [0.15, 0.2) is 0 Å². The van der Waals surface area contributed by atoms with Crippen molar-refractivity contribution in [3.05, 3.63) is 90.0 Å². The Morgan fingerprint density at radius 3 is 2.68 bits per heavy atom. The lowest BCUT2D eigenvalue weighted by Gasteiger charge is -2.01. The van der Waals surface area contributed by atoms with Crippen LogP contribution >= 0.6 is 0 Å². The van der Waals surface area contributed by atoms with E-state index in [0.29, 0.717) is 18.5 Å². The van der Waals surface area contributed by atoms with E-state index in [-0.39, 0.29) is 11.7 Å². The van der Waals surface area contributed by atoms with Gasteiger partial charge in [-0.05, 0) is 36.3 Å². The molecular weight excluding hydrogens is 317 g/mol. The predicted molar refractivity (Wildman–Crippen MR) is 95.7 cm³/mol. The van der Waals surface area contributed by atoms with Gasteiger partial charge in [-0.15, -0.1) is 0 Å². The number of carbonyl (C=O) groups is 1. The third-order valence-electron chi connectivity index (χ3n) is 3.69. The summed E-state index contributed by atoms with van der Waals surface area (Å²) >= 11 is 0. The summed E-state index contributed by atoms with van der Waals surface area (Å²) in [7, 11) is 0. The lowest BCUT2D eigenvalue weighted by atomic mass is 10.2. The number of hydrogen-bond donors (Lipinski definition) is 1. The molecule has 3 rings (SSSR count). The fourth-order valence-electron chi connectivity index (χ4n) is 2.38. The SMILES string of the molecule is O=C(/C=C/c1ccccc1F)NCCc1cnn(-c2ccccc2)c1. The lowest BCUT2D eigenvalue weighted by Crippen LogP contribution is -2.23. The highest BCUT2D eigenvalue weighted by atomic mass is 19.1. The molecule has 1 aromatic heterocycles. The topological polar surface area (TPSA) is 46.9 Å². The average Bonchev–Trinajstić information content (AvgIpc) is 3.11. The highest BCUT2D eigenvalue weighted by Crippen LogP contribution is 2.09. The zero-order valence-electron chi connectivity index (χ0n) is 13.6. The molecule has 4 nitrogen and oxygen atoms in total. The van der Waals surface area contributed by atoms with Crippen molar-refractivity contribution in [3.8, 4) is 5.69 Å². The summed E-state index contributed by atoms with van der Waals surface area (Å²) < 4.78 is 15.3. The van der Waals surface area contributed by atoms with Crippen LogP contribution < -0.4 is 5.32 Å². The smallest absolute Gasteiger partial charge is 0.244 e. The minimum atomic E-state index is -0.347. The number of aromatic nitrogens is 2. The fraction of sp³-hybridized carbons (Fsp3) is 0.100. The van der Waals surface area contributed by atoms with E-state index < -0.39 is 0 Å². The van der Waals surface area contributed by atoms with Gasteiger partial charge in [-0.2, -0.15) is 5.10 Å². The van der Waals surface area contributed by atoms with Crippen molar-refractivity contribution in [2.24, 2.45) is 0 Å². The number of amides is 1. The first-order chi connectivity index (χ1) is 12.2. The first-order valence-electron chi connectivity index (χ1n) is 8.02. The van der Waals surface area contributed by atoms with Crippen molar-refractivity contribution < 1.29 is 9.18 Å². The minimum Gasteiger partial charge on any atom is -0.352 e. The average molecular weight is 335 g/mol. The van der Waals surface area contributed by atoms with E-state index in [1.165, 1.54) is 18.2 Å². The molecule has 0 aliphatic rings. The van der Waals surface area contributed by atoms with Crippen LogP contribution in [0.25, 0.3) is 11.8 Å². The van der Waals surface area contributed by atoms with Gasteiger partial charge in [0.2, 0.25) is 5.91 Å². The standard InChI is InChI=1S/C20H18FN3O/c21-19-9-5-4-6-17(19)10-11-20(25)22-13-12-16-14-23-24(15-16)18-7-2-1-3-8-18/h1-11,14-15H,12-13H2,(H,22,25)/b11-10+. The first kappa shape index (κ1) is 16.6. The van der Waals surface area contributed by atoms with Crippen LogP contribution in [0.5, 0.6) is 0 Å². The molecule has 0 atom stereocenters. The van der Waals surface area contributed by atoms with Crippen molar-refractivity contribution in [3.63, 3.8) is 0 Å². The lowest BCUT2D eigenvalue weighted by molar-refractivity contribution is -0.116. The van der Waals surface area contributed by atoms with Crippen LogP contribution in [-0.4, -0.2) is 22.2 Å². The Hall–Kier alpha value is -3.21. The zero-order chi connectivity index (χ0) is 17.5. The molecule has 2 aromatic carbocycles. The van der Waals surface area contributed by atoms with Crippen molar-refractivity contribution in [1.29, 1.82) is 0 Å². The monoisotopic (exact) mass is 335 g/mol. The summed E-state index contributed by atoms with van der Waals surface area (Å²) in [6, 6.07) is 16.2. The number of hydrogen-bond acceptors (Lipinski definition) is 2. The molecule has 126 valence electrons. The summed E-state index contributed by atoms with van der Waals surface area (Å²) in [6.07, 6.45) is 7.21. The molecule has 1 N–H and O–H groups in total. The van der Waals surface area contributed by atoms with Crippen molar-refractivity contribution in [1.82, 2.24) is 15.1 Å². The summed E-state index contributed by atoms with van der Waals surface area (Å²) in [5.74, 6) is -0.599. The van der Waals surface area contributed by atoms with Crippen LogP contribution in [-0.2, 0) is 11.2 Å². The Balaban J connectivity index is 1.49. The van der Waals surface area contributed by atoms with E-state index in [9.17, 15) is 9.18 Å². The van der Waals surface area contributed by atoms with Crippen LogP contribution in [0.3, 0.4) is 0 Å². The normalized spacial score (nSPS) is 10.9. The van der Waals surface area contributed by atoms with Crippen LogP contribution in [0.15, 0.2) is 73.1 Å². The highest BCUT2D eigenvalue weighted by molar-refractivity contribution is 5.91. The largest absolute Gasteiger partial charge is 0.352 e. The van der Waals surface area contributed by atoms with E-state index >= 15 is 0 Å². The third-order valence-corrected chi connectivity index (χ3v) is 3.69. The van der Waals surface area contributed by atoms with Crippen LogP contribution in [0, 0.1) is 5.82 Å². The van der Waals surface area contributed by atoms with Gasteiger partial charge in [-0.25, -0.2) is 9.07 Å². The summed E-state index contributed by atoms with van der Waals surface area (Å²) in [6.45, 7) is 0.487. The van der Waals surface area contributed by atoms with E-state index in [4.69, 9.17) is 0 Å². The van der Waals surface area contributed by atoms with Crippen molar-refractivity contribution in [2.45, 2.75) is 6.42 Å². The van der Waals surface area contributed by atoms with Gasteiger partial charge in [0.05, 0.1) is 11.9 Å². The Bertz CT molecular complexity index is 871. The van der Waals surface area contributed by atoms with Crippen LogP contribution in [0.4, 0.5) is 4.39 Å². The number of carbonyl (C=O) groups excluding carboxylic acids is 1. The van der Waals surface area contributed by atoms with E-state index in [2.05, 4.69) is 10.4 Å². The predicted octanol–water partition coefficient (Wildman–Crippen LogP) is 3.38.